The van der Waals surface area contributed by atoms with Crippen LogP contribution >= 0.6 is 0 Å². The minimum Gasteiger partial charge on any atom is -0.506 e. The van der Waals surface area contributed by atoms with Crippen LogP contribution in [0.4, 0.5) is 27.5 Å². The molecule has 0 saturated carbocycles. The van der Waals surface area contributed by atoms with Gasteiger partial charge in [-0.25, -0.2) is 21.6 Å². The Hall–Kier alpha value is -5.97. The van der Waals surface area contributed by atoms with Gasteiger partial charge in [0.1, 0.15) is 11.5 Å². The van der Waals surface area contributed by atoms with Gasteiger partial charge in [-0.15, -0.1) is 0 Å². The first-order valence-electron chi connectivity index (χ1n) is 15.0. The van der Waals surface area contributed by atoms with Crippen molar-refractivity contribution in [2.75, 3.05) is 20.1 Å². The third kappa shape index (κ3) is 8.00. The van der Waals surface area contributed by atoms with Gasteiger partial charge in [-0.1, -0.05) is 24.3 Å². The van der Waals surface area contributed by atoms with Crippen LogP contribution in [0.3, 0.4) is 0 Å². The molecule has 0 aliphatic carbocycles. The lowest BCUT2D eigenvalue weighted by atomic mass is 10.1. The van der Waals surface area contributed by atoms with Crippen LogP contribution in [0.2, 0.25) is 0 Å². The summed E-state index contributed by atoms with van der Waals surface area (Å²) in [4.78, 5) is 11.3. The maximum absolute atomic E-state index is 13.2. The normalized spacial score (nSPS) is 12.3. The lowest BCUT2D eigenvalue weighted by Gasteiger charge is -2.14. The van der Waals surface area contributed by atoms with Crippen LogP contribution < -0.4 is 20.1 Å². The van der Waals surface area contributed by atoms with E-state index in [0.29, 0.717) is 0 Å². The third-order valence-corrected chi connectivity index (χ3v) is 12.3. The Morgan fingerprint density at radius 3 is 1.11 bits per heavy atom. The average Bonchev–Trinajstić information content (AvgIpc) is 3.10. The molecule has 0 aromatic heterocycles. The summed E-state index contributed by atoms with van der Waals surface area (Å²) in [7, 11) is -17.7. The molecule has 0 spiro atoms. The van der Waals surface area contributed by atoms with Crippen LogP contribution in [0.15, 0.2) is 129 Å². The highest BCUT2D eigenvalue weighted by Crippen LogP contribution is 2.37. The molecule has 0 heterocycles. The van der Waals surface area contributed by atoms with Gasteiger partial charge < -0.3 is 20.8 Å². The zero-order valence-corrected chi connectivity index (χ0v) is 30.3. The molecule has 54 heavy (non-hydrogen) atoms. The summed E-state index contributed by atoms with van der Waals surface area (Å²) in [5.74, 6) is -0.906. The van der Waals surface area contributed by atoms with Crippen molar-refractivity contribution in [2.24, 2.45) is 0 Å². The number of amides is 2. The van der Waals surface area contributed by atoms with E-state index < -0.39 is 67.6 Å². The molecular weight excluding hydrogens is 789 g/mol. The number of carbonyl (C=O) groups excluding carboxylic acids is 1. The molecule has 280 valence electrons. The molecule has 0 fully saturated rings. The molecular formula is C33H26N4O13S4. The Kier molecular flexibility index (Phi) is 9.64. The fourth-order valence-corrected chi connectivity index (χ4v) is 8.47. The zero-order valence-electron chi connectivity index (χ0n) is 27.0. The van der Waals surface area contributed by atoms with E-state index in [9.17, 15) is 57.8 Å². The molecule has 6 aromatic rings. The smallest absolute Gasteiger partial charge is 0.323 e. The van der Waals surface area contributed by atoms with E-state index in [4.69, 9.17) is 0 Å². The van der Waals surface area contributed by atoms with Crippen LogP contribution in [0.25, 0.3) is 21.5 Å². The minimum absolute atomic E-state index is 0.145. The summed E-state index contributed by atoms with van der Waals surface area (Å²) in [6.07, 6.45) is 0. The molecule has 0 aliphatic heterocycles. The lowest BCUT2D eigenvalue weighted by Crippen LogP contribution is -2.20. The van der Waals surface area contributed by atoms with Gasteiger partial charge in [0.05, 0.1) is 31.0 Å². The number of hydrogen-bond donors (Lipinski definition) is 8. The number of phenolic OH excluding ortho intramolecular Hbond substituents is 2. The second-order valence-corrected chi connectivity index (χ2v) is 17.7. The predicted molar refractivity (Wildman–Crippen MR) is 198 cm³/mol. The molecule has 0 atom stereocenters. The third-order valence-electron chi connectivity index (χ3n) is 7.85. The summed E-state index contributed by atoms with van der Waals surface area (Å²) in [5.41, 5.74) is -0.151. The molecule has 6 aromatic carbocycles. The average molecular weight is 815 g/mol. The van der Waals surface area contributed by atoms with Gasteiger partial charge in [0.25, 0.3) is 40.3 Å². The second kappa shape index (κ2) is 13.8. The SMILES string of the molecule is O=C(Nc1ccc(S(=O)(=O)Nc2c(O)ccc3cc(S(=O)(=O)O)ccc23)cc1)Nc1ccc(S(=O)(=O)Nc2c(O)ccc3cc(S(=O)(=O)O)ccc23)cc1. The van der Waals surface area contributed by atoms with Crippen LogP contribution in [-0.4, -0.2) is 59.0 Å². The van der Waals surface area contributed by atoms with Gasteiger partial charge in [-0.2, -0.15) is 16.8 Å². The van der Waals surface area contributed by atoms with Gasteiger partial charge in [-0.3, -0.25) is 18.5 Å². The first-order chi connectivity index (χ1) is 25.2. The Morgan fingerprint density at radius 1 is 0.444 bits per heavy atom. The van der Waals surface area contributed by atoms with Crippen molar-refractivity contribution in [1.82, 2.24) is 0 Å². The Bertz CT molecular complexity index is 2740. The lowest BCUT2D eigenvalue weighted by molar-refractivity contribution is 0.262. The van der Waals surface area contributed by atoms with Crippen molar-refractivity contribution in [3.63, 3.8) is 0 Å². The summed E-state index contributed by atoms with van der Waals surface area (Å²) >= 11 is 0. The maximum atomic E-state index is 13.2. The van der Waals surface area contributed by atoms with Gasteiger partial charge in [0.2, 0.25) is 0 Å². The molecule has 0 radical (unpaired) electrons. The molecule has 0 bridgehead atoms. The fraction of sp³-hybridized carbons (Fsp3) is 0. The quantitative estimate of drug-likeness (QED) is 0.0657. The van der Waals surface area contributed by atoms with Crippen molar-refractivity contribution in [3.05, 3.63) is 109 Å². The fourth-order valence-electron chi connectivity index (χ4n) is 5.24. The van der Waals surface area contributed by atoms with E-state index in [1.807, 2.05) is 0 Å². The van der Waals surface area contributed by atoms with E-state index in [-0.39, 0.29) is 54.1 Å². The van der Waals surface area contributed by atoms with E-state index in [0.717, 1.165) is 36.4 Å². The number of nitrogens with one attached hydrogen (secondary N) is 4. The molecule has 8 N–H and O–H groups in total. The Balaban J connectivity index is 1.11. The van der Waals surface area contributed by atoms with Crippen molar-refractivity contribution in [1.29, 1.82) is 0 Å². The number of phenols is 2. The summed E-state index contributed by atoms with van der Waals surface area (Å²) in [6.45, 7) is 0. The standard InChI is InChI=1S/C33H26N4O13S4/c38-29-15-1-19-17-25(53(45,46)47)11-13-27(19)31(29)36-51(41,42)23-7-3-21(4-8-23)34-33(40)35-22-5-9-24(10-6-22)52(43,44)37-32-28-14-12-26(54(48,49)50)18-20(28)2-16-30(32)39/h1-18,36-39H,(H2,34,35,40)(H,45,46,47)(H,48,49,50). The van der Waals surface area contributed by atoms with E-state index >= 15 is 0 Å². The number of aromatic hydroxyl groups is 2. The first kappa shape index (κ1) is 37.8. The van der Waals surface area contributed by atoms with Crippen LogP contribution in [0, 0.1) is 0 Å². The van der Waals surface area contributed by atoms with Crippen LogP contribution in [0.1, 0.15) is 0 Å². The van der Waals surface area contributed by atoms with Gasteiger partial charge in [-0.05, 0) is 95.7 Å². The molecule has 21 heteroatoms. The first-order valence-corrected chi connectivity index (χ1v) is 20.9. The topological polar surface area (TPSA) is 283 Å². The summed E-state index contributed by atoms with van der Waals surface area (Å²) in [5, 5.41) is 26.5. The molecule has 0 aliphatic rings. The van der Waals surface area contributed by atoms with Crippen molar-refractivity contribution >= 4 is 90.6 Å². The molecule has 17 nitrogen and oxygen atoms in total. The van der Waals surface area contributed by atoms with Gasteiger partial charge in [0, 0.05) is 22.1 Å². The number of hydrogen-bond acceptors (Lipinski definition) is 11. The number of rotatable bonds is 10. The van der Waals surface area contributed by atoms with Crippen molar-refractivity contribution in [3.8, 4) is 11.5 Å². The van der Waals surface area contributed by atoms with Crippen molar-refractivity contribution in [2.45, 2.75) is 19.6 Å². The van der Waals surface area contributed by atoms with Gasteiger partial charge >= 0.3 is 6.03 Å². The molecule has 0 unspecified atom stereocenters. The van der Waals surface area contributed by atoms with Crippen molar-refractivity contribution < 1.29 is 57.8 Å². The highest BCUT2D eigenvalue weighted by molar-refractivity contribution is 7.93. The van der Waals surface area contributed by atoms with Gasteiger partial charge in [0.15, 0.2) is 0 Å². The number of sulfonamides is 2. The number of carbonyl (C=O) groups is 1. The zero-order chi connectivity index (χ0) is 39.2. The molecule has 6 rings (SSSR count). The Morgan fingerprint density at radius 2 is 0.778 bits per heavy atom. The number of anilines is 4. The van der Waals surface area contributed by atoms with E-state index in [1.54, 1.807) is 0 Å². The summed E-state index contributed by atoms with van der Waals surface area (Å²) < 4.78 is 122. The predicted octanol–water partition coefficient (Wildman–Crippen LogP) is 5.14. The number of urea groups is 1. The number of fused-ring (bicyclic) bond motifs is 2. The van der Waals surface area contributed by atoms with Crippen LogP contribution in [0.5, 0.6) is 11.5 Å². The molecule has 2 amide bonds. The Labute approximate surface area is 307 Å². The molecule has 0 saturated heterocycles. The minimum atomic E-state index is -4.54. The summed E-state index contributed by atoms with van der Waals surface area (Å²) in [6, 6.07) is 20.8. The van der Waals surface area contributed by atoms with Crippen LogP contribution in [-0.2, 0) is 40.3 Å². The van der Waals surface area contributed by atoms with E-state index in [1.165, 1.54) is 72.8 Å². The maximum Gasteiger partial charge on any atom is 0.323 e. The monoisotopic (exact) mass is 814 g/mol. The largest absolute Gasteiger partial charge is 0.506 e. The highest BCUT2D eigenvalue weighted by atomic mass is 32.2. The second-order valence-electron chi connectivity index (χ2n) is 11.5. The highest BCUT2D eigenvalue weighted by Gasteiger charge is 2.22. The van der Waals surface area contributed by atoms with E-state index in [2.05, 4.69) is 20.1 Å². The number of benzene rings is 6.